The first-order valence-electron chi connectivity index (χ1n) is 8.50. The molecule has 3 aromatic heterocycles. The second kappa shape index (κ2) is 5.87. The maximum absolute atomic E-state index is 12.8. The van der Waals surface area contributed by atoms with Gasteiger partial charge in [-0.3, -0.25) is 13.9 Å². The number of pyridine rings is 1. The van der Waals surface area contributed by atoms with E-state index >= 15 is 0 Å². The molecule has 0 bridgehead atoms. The second-order valence-corrected chi connectivity index (χ2v) is 6.35. The third kappa shape index (κ3) is 2.63. The highest BCUT2D eigenvalue weighted by Gasteiger charge is 2.25. The van der Waals surface area contributed by atoms with Crippen LogP contribution in [-0.4, -0.2) is 31.1 Å². The van der Waals surface area contributed by atoms with Crippen LogP contribution in [0.3, 0.4) is 0 Å². The summed E-state index contributed by atoms with van der Waals surface area (Å²) in [6.07, 6.45) is 3.84. The Morgan fingerprint density at radius 1 is 1.28 bits per heavy atom. The number of aromatic nitrogens is 5. The zero-order valence-corrected chi connectivity index (χ0v) is 14.2. The van der Waals surface area contributed by atoms with Crippen molar-refractivity contribution in [2.24, 2.45) is 5.92 Å². The molecule has 0 aliphatic heterocycles. The monoisotopic (exact) mass is 340 g/mol. The van der Waals surface area contributed by atoms with Crippen LogP contribution in [0, 0.1) is 5.92 Å². The van der Waals surface area contributed by atoms with Gasteiger partial charge in [0.15, 0.2) is 5.65 Å². The first-order chi connectivity index (χ1) is 12.1. The summed E-state index contributed by atoms with van der Waals surface area (Å²) in [5.41, 5.74) is 0.953. The largest absolute Gasteiger partial charge is 0.373 e. The number of H-pyrrole nitrogens is 1. The minimum absolute atomic E-state index is 0.284. The van der Waals surface area contributed by atoms with E-state index in [2.05, 4.69) is 20.3 Å². The fourth-order valence-electron chi connectivity index (χ4n) is 2.99. The van der Waals surface area contributed by atoms with Gasteiger partial charge in [0, 0.05) is 31.9 Å². The maximum atomic E-state index is 12.8. The van der Waals surface area contributed by atoms with Crippen LogP contribution < -0.4 is 16.6 Å². The molecule has 1 aliphatic carbocycles. The average molecular weight is 340 g/mol. The van der Waals surface area contributed by atoms with Gasteiger partial charge in [0.25, 0.3) is 5.56 Å². The minimum Gasteiger partial charge on any atom is -0.373 e. The van der Waals surface area contributed by atoms with Crippen LogP contribution in [0.2, 0.25) is 0 Å². The summed E-state index contributed by atoms with van der Waals surface area (Å²) < 4.78 is 2.89. The van der Waals surface area contributed by atoms with Gasteiger partial charge < -0.3 is 10.3 Å². The summed E-state index contributed by atoms with van der Waals surface area (Å²) in [5, 5.41) is 2.96. The van der Waals surface area contributed by atoms with Gasteiger partial charge in [0.05, 0.1) is 0 Å². The number of nitrogens with zero attached hydrogens (tertiary/aromatic N) is 4. The van der Waals surface area contributed by atoms with Crippen LogP contribution >= 0.6 is 0 Å². The number of nitrogens with one attached hydrogen (secondary N) is 2. The van der Waals surface area contributed by atoms with Crippen molar-refractivity contribution in [3.8, 4) is 11.4 Å². The molecule has 3 heterocycles. The lowest BCUT2D eigenvalue weighted by molar-refractivity contribution is 0.544. The van der Waals surface area contributed by atoms with Crippen molar-refractivity contribution in [1.82, 2.24) is 24.1 Å². The Labute approximate surface area is 143 Å². The number of anilines is 1. The Bertz CT molecular complexity index is 1040. The number of fused-ring (bicyclic) bond motifs is 1. The lowest BCUT2D eigenvalue weighted by Crippen LogP contribution is -2.40. The molecule has 1 aliphatic rings. The van der Waals surface area contributed by atoms with Crippen LogP contribution in [0.5, 0.6) is 0 Å². The summed E-state index contributed by atoms with van der Waals surface area (Å²) in [5.74, 6) is 1.72. The minimum atomic E-state index is -0.296. The first kappa shape index (κ1) is 15.6. The van der Waals surface area contributed by atoms with E-state index in [4.69, 9.17) is 0 Å². The highest BCUT2D eigenvalue weighted by atomic mass is 16.2. The first-order valence-corrected chi connectivity index (χ1v) is 8.50. The van der Waals surface area contributed by atoms with Crippen LogP contribution in [0.4, 0.5) is 5.82 Å². The SMILES string of the molecule is CCn1c(=O)n(CC2CC2)c(=O)c2[nH]c(-c3ccc(NC)nc3)nc21. The second-order valence-electron chi connectivity index (χ2n) is 6.35. The molecule has 0 saturated heterocycles. The van der Waals surface area contributed by atoms with E-state index in [1.165, 1.54) is 4.57 Å². The van der Waals surface area contributed by atoms with Crippen LogP contribution in [0.15, 0.2) is 27.9 Å². The predicted molar refractivity (Wildman–Crippen MR) is 95.8 cm³/mol. The number of rotatable bonds is 5. The molecule has 1 fully saturated rings. The Kier molecular flexibility index (Phi) is 3.67. The van der Waals surface area contributed by atoms with E-state index in [0.29, 0.717) is 36.0 Å². The Morgan fingerprint density at radius 2 is 2.08 bits per heavy atom. The van der Waals surface area contributed by atoms with Crippen LogP contribution in [0.25, 0.3) is 22.6 Å². The van der Waals surface area contributed by atoms with Crippen molar-refractivity contribution in [3.63, 3.8) is 0 Å². The molecule has 25 heavy (non-hydrogen) atoms. The molecule has 130 valence electrons. The molecule has 0 radical (unpaired) electrons. The van der Waals surface area contributed by atoms with E-state index in [9.17, 15) is 9.59 Å². The smallest absolute Gasteiger partial charge is 0.332 e. The summed E-state index contributed by atoms with van der Waals surface area (Å²) >= 11 is 0. The standard InChI is InChI=1S/C17H20N6O2/c1-3-22-15-13(16(24)23(17(22)25)9-10-4-5-10)20-14(21-15)11-6-7-12(18-2)19-8-11/h6-8,10H,3-5,9H2,1-2H3,(H,18,19)(H,20,21). The van der Waals surface area contributed by atoms with Crippen molar-refractivity contribution < 1.29 is 0 Å². The van der Waals surface area contributed by atoms with Gasteiger partial charge in [-0.15, -0.1) is 0 Å². The topological polar surface area (TPSA) is 97.6 Å². The lowest BCUT2D eigenvalue weighted by Gasteiger charge is -2.08. The van der Waals surface area contributed by atoms with Gasteiger partial charge in [0.2, 0.25) is 0 Å². The fourth-order valence-corrected chi connectivity index (χ4v) is 2.99. The van der Waals surface area contributed by atoms with Gasteiger partial charge in [-0.25, -0.2) is 14.8 Å². The Balaban J connectivity index is 1.90. The van der Waals surface area contributed by atoms with Crippen molar-refractivity contribution in [1.29, 1.82) is 0 Å². The van der Waals surface area contributed by atoms with Gasteiger partial charge in [-0.1, -0.05) is 0 Å². The molecule has 0 aromatic carbocycles. The van der Waals surface area contributed by atoms with Gasteiger partial charge >= 0.3 is 5.69 Å². The number of imidazole rings is 1. The Morgan fingerprint density at radius 3 is 2.68 bits per heavy atom. The molecule has 8 heteroatoms. The third-order valence-electron chi connectivity index (χ3n) is 4.61. The molecule has 0 spiro atoms. The van der Waals surface area contributed by atoms with Gasteiger partial charge in [-0.2, -0.15) is 0 Å². The zero-order chi connectivity index (χ0) is 17.6. The number of aryl methyl sites for hydroxylation is 1. The molecule has 0 unspecified atom stereocenters. The average Bonchev–Trinajstić information content (AvgIpc) is 3.35. The number of hydrogen-bond donors (Lipinski definition) is 2. The van der Waals surface area contributed by atoms with Gasteiger partial charge in [0.1, 0.15) is 17.2 Å². The number of aromatic amines is 1. The molecular formula is C17H20N6O2. The lowest BCUT2D eigenvalue weighted by atomic mass is 10.3. The molecular weight excluding hydrogens is 320 g/mol. The van der Waals surface area contributed by atoms with E-state index < -0.39 is 0 Å². The van der Waals surface area contributed by atoms with Crippen molar-refractivity contribution in [3.05, 3.63) is 39.2 Å². The molecule has 1 saturated carbocycles. The highest BCUT2D eigenvalue weighted by molar-refractivity contribution is 5.75. The van der Waals surface area contributed by atoms with Crippen molar-refractivity contribution in [2.45, 2.75) is 32.9 Å². The third-order valence-corrected chi connectivity index (χ3v) is 4.61. The summed E-state index contributed by atoms with van der Waals surface area (Å²) in [6, 6.07) is 3.70. The number of hydrogen-bond acceptors (Lipinski definition) is 5. The molecule has 0 atom stereocenters. The maximum Gasteiger partial charge on any atom is 0.332 e. The molecule has 3 aromatic rings. The summed E-state index contributed by atoms with van der Waals surface area (Å²) in [6.45, 7) is 2.83. The van der Waals surface area contributed by atoms with E-state index in [-0.39, 0.29) is 11.2 Å². The van der Waals surface area contributed by atoms with Crippen LogP contribution in [-0.2, 0) is 13.1 Å². The molecule has 2 N–H and O–H groups in total. The summed E-state index contributed by atoms with van der Waals surface area (Å²) in [4.78, 5) is 37.3. The van der Waals surface area contributed by atoms with Crippen LogP contribution in [0.1, 0.15) is 19.8 Å². The fraction of sp³-hybridized carbons (Fsp3) is 0.412. The quantitative estimate of drug-likeness (QED) is 0.732. The summed E-state index contributed by atoms with van der Waals surface area (Å²) in [7, 11) is 1.80. The molecule has 0 amide bonds. The van der Waals surface area contributed by atoms with Crippen molar-refractivity contribution >= 4 is 17.0 Å². The van der Waals surface area contributed by atoms with E-state index in [0.717, 1.165) is 24.2 Å². The zero-order valence-electron chi connectivity index (χ0n) is 14.2. The Hall–Kier alpha value is -2.90. The van der Waals surface area contributed by atoms with E-state index in [1.807, 2.05) is 19.1 Å². The molecule has 8 nitrogen and oxygen atoms in total. The normalized spacial score (nSPS) is 14.2. The van der Waals surface area contributed by atoms with Gasteiger partial charge in [-0.05, 0) is 37.8 Å². The molecule has 4 rings (SSSR count). The van der Waals surface area contributed by atoms with E-state index in [1.54, 1.807) is 17.8 Å². The highest BCUT2D eigenvalue weighted by Crippen LogP contribution is 2.29. The predicted octanol–water partition coefficient (Wildman–Crippen LogP) is 1.42. The van der Waals surface area contributed by atoms with Crippen molar-refractivity contribution in [2.75, 3.05) is 12.4 Å².